The van der Waals surface area contributed by atoms with Crippen LogP contribution in [0.5, 0.6) is 0 Å². The second-order valence-electron chi connectivity index (χ2n) is 9.15. The van der Waals surface area contributed by atoms with Crippen molar-refractivity contribution < 1.29 is 8.42 Å². The van der Waals surface area contributed by atoms with Crippen molar-refractivity contribution in [3.63, 3.8) is 0 Å². The normalized spacial score (nSPS) is 12.4. The zero-order chi connectivity index (χ0) is 23.0. The molecule has 0 amide bonds. The topological polar surface area (TPSA) is 76.9 Å². The molecule has 3 aromatic rings. The summed E-state index contributed by atoms with van der Waals surface area (Å²) < 4.78 is 30.9. The number of benzene rings is 2. The van der Waals surface area contributed by atoms with Gasteiger partial charge in [0.2, 0.25) is 0 Å². The number of aromatic nitrogens is 3. The molecule has 3 rings (SSSR count). The highest BCUT2D eigenvalue weighted by Crippen LogP contribution is 2.32. The first-order chi connectivity index (χ1) is 14.4. The van der Waals surface area contributed by atoms with E-state index >= 15 is 0 Å². The summed E-state index contributed by atoms with van der Waals surface area (Å²) in [7, 11) is -3.80. The fraction of sp³-hybridized carbons (Fsp3) is 0.391. The van der Waals surface area contributed by atoms with Gasteiger partial charge in [0, 0.05) is 17.1 Å². The van der Waals surface area contributed by atoms with Gasteiger partial charge >= 0.3 is 0 Å². The van der Waals surface area contributed by atoms with Crippen molar-refractivity contribution in [2.24, 2.45) is 5.92 Å². The Morgan fingerprint density at radius 2 is 1.71 bits per heavy atom. The molecular weight excluding hydrogens is 432 g/mol. The molecule has 2 aromatic carbocycles. The molecule has 0 atom stereocenters. The van der Waals surface area contributed by atoms with Crippen LogP contribution in [-0.4, -0.2) is 23.2 Å². The monoisotopic (exact) mass is 460 g/mol. The molecule has 0 saturated heterocycles. The third-order valence-electron chi connectivity index (χ3n) is 4.98. The first-order valence-corrected chi connectivity index (χ1v) is 12.1. The van der Waals surface area contributed by atoms with Crippen LogP contribution in [0.4, 0.5) is 5.69 Å². The van der Waals surface area contributed by atoms with E-state index in [-0.39, 0.29) is 10.3 Å². The lowest BCUT2D eigenvalue weighted by atomic mass is 9.87. The number of sulfonamides is 1. The first kappa shape index (κ1) is 23.3. The third kappa shape index (κ3) is 5.28. The van der Waals surface area contributed by atoms with Gasteiger partial charge in [0.25, 0.3) is 10.0 Å². The summed E-state index contributed by atoms with van der Waals surface area (Å²) >= 11 is 6.25. The zero-order valence-electron chi connectivity index (χ0n) is 18.8. The Balaban J connectivity index is 2.02. The van der Waals surface area contributed by atoms with E-state index in [0.29, 0.717) is 34.6 Å². The summed E-state index contributed by atoms with van der Waals surface area (Å²) in [6.45, 7) is 13.1. The molecule has 1 N–H and O–H groups in total. The maximum atomic E-state index is 13.1. The Hall–Kier alpha value is -2.38. The molecule has 0 spiro atoms. The lowest BCUT2D eigenvalue weighted by molar-refractivity contribution is 0.517. The van der Waals surface area contributed by atoms with E-state index in [1.807, 2.05) is 23.6 Å². The molecule has 0 radical (unpaired) electrons. The van der Waals surface area contributed by atoms with Crippen molar-refractivity contribution in [3.05, 3.63) is 58.9 Å². The van der Waals surface area contributed by atoms with Crippen molar-refractivity contribution in [1.82, 2.24) is 14.8 Å². The molecule has 8 heteroatoms. The van der Waals surface area contributed by atoms with Crippen molar-refractivity contribution in [3.8, 4) is 11.4 Å². The highest BCUT2D eigenvalue weighted by atomic mass is 35.5. The van der Waals surface area contributed by atoms with E-state index in [9.17, 15) is 8.42 Å². The fourth-order valence-electron chi connectivity index (χ4n) is 3.29. The van der Waals surface area contributed by atoms with Crippen molar-refractivity contribution in [2.45, 2.75) is 58.4 Å². The Kier molecular flexibility index (Phi) is 6.48. The lowest BCUT2D eigenvalue weighted by Crippen LogP contribution is -2.16. The molecule has 31 heavy (non-hydrogen) atoms. The van der Waals surface area contributed by atoms with E-state index in [1.165, 1.54) is 0 Å². The zero-order valence-corrected chi connectivity index (χ0v) is 20.3. The minimum atomic E-state index is -3.80. The van der Waals surface area contributed by atoms with E-state index in [0.717, 1.165) is 11.4 Å². The average molecular weight is 461 g/mol. The van der Waals surface area contributed by atoms with Crippen LogP contribution < -0.4 is 4.72 Å². The molecule has 166 valence electrons. The van der Waals surface area contributed by atoms with Crippen LogP contribution in [0.1, 0.15) is 46.0 Å². The van der Waals surface area contributed by atoms with Crippen LogP contribution in [0.3, 0.4) is 0 Å². The van der Waals surface area contributed by atoms with Gasteiger partial charge in [-0.05, 0) is 54.2 Å². The van der Waals surface area contributed by atoms with E-state index in [2.05, 4.69) is 49.5 Å². The molecular formula is C23H29ClN4O2S. The number of aryl methyl sites for hydroxylation is 1. The maximum absolute atomic E-state index is 13.1. The van der Waals surface area contributed by atoms with E-state index in [4.69, 9.17) is 11.6 Å². The molecule has 0 aliphatic heterocycles. The van der Waals surface area contributed by atoms with Gasteiger partial charge in [0.05, 0.1) is 10.6 Å². The van der Waals surface area contributed by atoms with E-state index < -0.39 is 10.0 Å². The number of hydrogen-bond donors (Lipinski definition) is 1. The Bertz CT molecular complexity index is 1180. The molecule has 6 nitrogen and oxygen atoms in total. The summed E-state index contributed by atoms with van der Waals surface area (Å²) in [4.78, 5) is 0.196. The standard InChI is InChI=1S/C23H29ClN4O2S/c1-15(2)14-28-16(3)25-26-22(28)20-13-18(24)9-12-21(20)27-31(29,30)19-10-7-17(8-11-19)23(4,5)6/h7-13,15,27H,14H2,1-6H3. The fourth-order valence-corrected chi connectivity index (χ4v) is 4.54. The minimum absolute atomic E-state index is 0.0581. The second-order valence-corrected chi connectivity index (χ2v) is 11.3. The second kappa shape index (κ2) is 8.63. The largest absolute Gasteiger partial charge is 0.311 e. The minimum Gasteiger partial charge on any atom is -0.311 e. The third-order valence-corrected chi connectivity index (χ3v) is 6.60. The predicted octanol–water partition coefficient (Wildman–Crippen LogP) is 5.66. The van der Waals surface area contributed by atoms with Gasteiger partial charge in [-0.1, -0.05) is 58.4 Å². The number of rotatable bonds is 6. The van der Waals surface area contributed by atoms with E-state index in [1.54, 1.807) is 30.3 Å². The van der Waals surface area contributed by atoms with Gasteiger partial charge in [-0.25, -0.2) is 8.42 Å². The van der Waals surface area contributed by atoms with Crippen LogP contribution in [0.2, 0.25) is 5.02 Å². The molecule has 0 unspecified atom stereocenters. The highest BCUT2D eigenvalue weighted by molar-refractivity contribution is 7.92. The van der Waals surface area contributed by atoms with Crippen LogP contribution in [0, 0.1) is 12.8 Å². The Morgan fingerprint density at radius 1 is 1.06 bits per heavy atom. The molecule has 0 aliphatic carbocycles. The van der Waals surface area contributed by atoms with Crippen molar-refractivity contribution in [2.75, 3.05) is 4.72 Å². The van der Waals surface area contributed by atoms with Gasteiger partial charge in [-0.15, -0.1) is 10.2 Å². The van der Waals surface area contributed by atoms with Gasteiger partial charge in [-0.3, -0.25) is 4.72 Å². The summed E-state index contributed by atoms with van der Waals surface area (Å²) in [5, 5.41) is 8.99. The molecule has 0 bridgehead atoms. The molecule has 1 heterocycles. The quantitative estimate of drug-likeness (QED) is 0.514. The smallest absolute Gasteiger partial charge is 0.261 e. The average Bonchev–Trinajstić information content (AvgIpc) is 3.02. The lowest BCUT2D eigenvalue weighted by Gasteiger charge is -2.19. The first-order valence-electron chi connectivity index (χ1n) is 10.2. The van der Waals surface area contributed by atoms with Crippen molar-refractivity contribution >= 4 is 27.3 Å². The number of halogens is 1. The number of anilines is 1. The van der Waals surface area contributed by atoms with Crippen LogP contribution in [0.25, 0.3) is 11.4 Å². The maximum Gasteiger partial charge on any atom is 0.261 e. The van der Waals surface area contributed by atoms with Crippen LogP contribution in [0.15, 0.2) is 47.4 Å². The van der Waals surface area contributed by atoms with Crippen LogP contribution >= 0.6 is 11.6 Å². The predicted molar refractivity (Wildman–Crippen MR) is 126 cm³/mol. The van der Waals surface area contributed by atoms with Gasteiger partial charge < -0.3 is 4.57 Å². The Morgan fingerprint density at radius 3 is 2.29 bits per heavy atom. The summed E-state index contributed by atoms with van der Waals surface area (Å²) in [6, 6.07) is 12.0. The summed E-state index contributed by atoms with van der Waals surface area (Å²) in [6.07, 6.45) is 0. The SMILES string of the molecule is Cc1nnc(-c2cc(Cl)ccc2NS(=O)(=O)c2ccc(C(C)(C)C)cc2)n1CC(C)C. The van der Waals surface area contributed by atoms with Crippen molar-refractivity contribution in [1.29, 1.82) is 0 Å². The molecule has 1 aromatic heterocycles. The molecule has 0 fully saturated rings. The van der Waals surface area contributed by atoms with Gasteiger partial charge in [0.15, 0.2) is 5.82 Å². The Labute approximate surface area is 189 Å². The number of hydrogen-bond acceptors (Lipinski definition) is 4. The highest BCUT2D eigenvalue weighted by Gasteiger charge is 2.22. The number of nitrogens with zero attached hydrogens (tertiary/aromatic N) is 3. The van der Waals surface area contributed by atoms with Gasteiger partial charge in [-0.2, -0.15) is 0 Å². The summed E-state index contributed by atoms with van der Waals surface area (Å²) in [5.74, 6) is 1.71. The van der Waals surface area contributed by atoms with Gasteiger partial charge in [0.1, 0.15) is 5.82 Å². The number of nitrogens with one attached hydrogen (secondary N) is 1. The molecule has 0 saturated carbocycles. The summed E-state index contributed by atoms with van der Waals surface area (Å²) in [5.41, 5.74) is 2.00. The molecule has 0 aliphatic rings. The van der Waals surface area contributed by atoms with Crippen LogP contribution in [-0.2, 0) is 22.0 Å².